The normalized spacial score (nSPS) is 18.2. The van der Waals surface area contributed by atoms with Crippen LogP contribution in [0.2, 0.25) is 0 Å². The molecule has 5 nitrogen and oxygen atoms in total. The van der Waals surface area contributed by atoms with Gasteiger partial charge in [-0.3, -0.25) is 4.79 Å². The molecule has 6 heteroatoms. The molecule has 0 unspecified atom stereocenters. The molecule has 0 radical (unpaired) electrons. The number of nitrogens with zero attached hydrogens (tertiary/aromatic N) is 3. The van der Waals surface area contributed by atoms with Gasteiger partial charge in [-0.15, -0.1) is 0 Å². The zero-order valence-electron chi connectivity index (χ0n) is 13.7. The highest BCUT2D eigenvalue weighted by atomic mass is 32.2. The summed E-state index contributed by atoms with van der Waals surface area (Å²) in [5, 5.41) is 3.97. The van der Waals surface area contributed by atoms with Crippen LogP contribution >= 0.6 is 11.8 Å². The Bertz CT molecular complexity index is 681. The molecule has 1 aromatic carbocycles. The molecule has 1 fully saturated rings. The molecule has 0 aliphatic carbocycles. The molecule has 0 saturated carbocycles. The Kier molecular flexibility index (Phi) is 4.71. The van der Waals surface area contributed by atoms with Crippen molar-refractivity contribution < 1.29 is 9.32 Å². The van der Waals surface area contributed by atoms with E-state index in [1.165, 1.54) is 5.56 Å². The Morgan fingerprint density at radius 3 is 2.74 bits per heavy atom. The topological polar surface area (TPSA) is 59.2 Å². The van der Waals surface area contributed by atoms with Crippen LogP contribution < -0.4 is 4.90 Å². The van der Waals surface area contributed by atoms with Gasteiger partial charge in [-0.2, -0.15) is 16.7 Å². The van der Waals surface area contributed by atoms with Crippen LogP contribution in [-0.4, -0.2) is 28.8 Å². The molecule has 1 amide bonds. The van der Waals surface area contributed by atoms with Crippen molar-refractivity contribution in [3.8, 4) is 0 Å². The lowest BCUT2D eigenvalue weighted by atomic mass is 10.0. The minimum atomic E-state index is -0.0182. The highest BCUT2D eigenvalue weighted by Crippen LogP contribution is 2.31. The average molecular weight is 331 g/mol. The van der Waals surface area contributed by atoms with E-state index in [2.05, 4.69) is 36.1 Å². The van der Waals surface area contributed by atoms with Crippen LogP contribution in [0, 0.1) is 0 Å². The van der Waals surface area contributed by atoms with Gasteiger partial charge in [0.1, 0.15) is 0 Å². The smallest absolute Gasteiger partial charge is 0.232 e. The van der Waals surface area contributed by atoms with E-state index in [1.54, 1.807) is 11.8 Å². The van der Waals surface area contributed by atoms with Gasteiger partial charge >= 0.3 is 0 Å². The molecule has 1 aromatic heterocycles. The Morgan fingerprint density at radius 2 is 2.09 bits per heavy atom. The van der Waals surface area contributed by atoms with Crippen molar-refractivity contribution in [1.82, 2.24) is 10.1 Å². The van der Waals surface area contributed by atoms with Crippen LogP contribution in [0.5, 0.6) is 0 Å². The van der Waals surface area contributed by atoms with E-state index in [1.807, 2.05) is 23.3 Å². The summed E-state index contributed by atoms with van der Waals surface area (Å²) in [5.74, 6) is 2.57. The summed E-state index contributed by atoms with van der Waals surface area (Å²) in [5.41, 5.74) is 2.21. The van der Waals surface area contributed by atoms with Crippen molar-refractivity contribution in [2.24, 2.45) is 0 Å². The lowest BCUT2D eigenvalue weighted by Gasteiger charge is -2.17. The second-order valence-electron chi connectivity index (χ2n) is 6.13. The molecular formula is C17H21N3O2S. The third-order valence-corrected chi connectivity index (χ3v) is 4.65. The van der Waals surface area contributed by atoms with Gasteiger partial charge in [0.15, 0.2) is 5.82 Å². The number of rotatable bonds is 5. The van der Waals surface area contributed by atoms with E-state index in [9.17, 15) is 4.79 Å². The predicted octanol–water partition coefficient (Wildman–Crippen LogP) is 3.58. The fourth-order valence-corrected chi connectivity index (χ4v) is 3.16. The summed E-state index contributed by atoms with van der Waals surface area (Å²) < 4.78 is 5.33. The number of anilines is 1. The van der Waals surface area contributed by atoms with Crippen molar-refractivity contribution in [2.75, 3.05) is 17.7 Å². The second-order valence-corrected chi connectivity index (χ2v) is 7.00. The summed E-state index contributed by atoms with van der Waals surface area (Å²) in [6, 6.07) is 8.21. The molecule has 1 atom stereocenters. The van der Waals surface area contributed by atoms with Crippen LogP contribution in [-0.2, 0) is 10.5 Å². The van der Waals surface area contributed by atoms with E-state index in [0.717, 1.165) is 11.4 Å². The highest BCUT2D eigenvalue weighted by Gasteiger charge is 2.35. The van der Waals surface area contributed by atoms with Crippen LogP contribution in [0.15, 0.2) is 28.8 Å². The quantitative estimate of drug-likeness (QED) is 0.838. The van der Waals surface area contributed by atoms with Gasteiger partial charge in [0.25, 0.3) is 0 Å². The van der Waals surface area contributed by atoms with Gasteiger partial charge < -0.3 is 9.42 Å². The van der Waals surface area contributed by atoms with Crippen LogP contribution in [0.4, 0.5) is 5.69 Å². The maximum Gasteiger partial charge on any atom is 0.232 e. The summed E-state index contributed by atoms with van der Waals surface area (Å²) in [6.07, 6.45) is 2.42. The molecule has 0 N–H and O–H groups in total. The zero-order valence-corrected chi connectivity index (χ0v) is 14.5. The molecule has 0 spiro atoms. The standard InChI is InChI=1S/C17H21N3O2S/c1-11(2)12-4-6-14(7-5-12)20-9-13(8-16(20)21)17-18-15(10-23-3)19-22-17/h4-7,11,13H,8-10H2,1-3H3/t13-/m1/s1. The number of carbonyl (C=O) groups excluding carboxylic acids is 1. The maximum atomic E-state index is 12.3. The number of amides is 1. The molecule has 1 aliphatic heterocycles. The SMILES string of the molecule is CSCc1noc([C@@H]2CC(=O)N(c3ccc(C(C)C)cc3)C2)n1. The first-order valence-corrected chi connectivity index (χ1v) is 9.19. The number of hydrogen-bond acceptors (Lipinski definition) is 5. The lowest BCUT2D eigenvalue weighted by molar-refractivity contribution is -0.117. The van der Waals surface area contributed by atoms with Gasteiger partial charge in [0.05, 0.1) is 11.7 Å². The Labute approximate surface area is 140 Å². The third kappa shape index (κ3) is 3.42. The van der Waals surface area contributed by atoms with Gasteiger partial charge in [0.2, 0.25) is 11.8 Å². The summed E-state index contributed by atoms with van der Waals surface area (Å²) in [7, 11) is 0. The number of aromatic nitrogens is 2. The minimum absolute atomic E-state index is 0.0182. The highest BCUT2D eigenvalue weighted by molar-refractivity contribution is 7.97. The molecule has 1 aliphatic rings. The minimum Gasteiger partial charge on any atom is -0.339 e. The number of carbonyl (C=O) groups is 1. The summed E-state index contributed by atoms with van der Waals surface area (Å²) >= 11 is 1.65. The van der Waals surface area contributed by atoms with Crippen LogP contribution in [0.3, 0.4) is 0 Å². The first kappa shape index (κ1) is 16.1. The molecule has 0 bridgehead atoms. The van der Waals surface area contributed by atoms with Gasteiger partial charge in [-0.1, -0.05) is 31.1 Å². The average Bonchev–Trinajstić information content (AvgIpc) is 3.14. The molecule has 122 valence electrons. The first-order valence-electron chi connectivity index (χ1n) is 7.80. The van der Waals surface area contributed by atoms with E-state index < -0.39 is 0 Å². The van der Waals surface area contributed by atoms with Crippen LogP contribution in [0.1, 0.15) is 49.4 Å². The van der Waals surface area contributed by atoms with E-state index in [-0.39, 0.29) is 11.8 Å². The van der Waals surface area contributed by atoms with Crippen molar-refractivity contribution in [1.29, 1.82) is 0 Å². The van der Waals surface area contributed by atoms with Crippen LogP contribution in [0.25, 0.3) is 0 Å². The van der Waals surface area contributed by atoms with Gasteiger partial charge in [0, 0.05) is 18.7 Å². The monoisotopic (exact) mass is 331 g/mol. The Balaban J connectivity index is 1.73. The van der Waals surface area contributed by atoms with Gasteiger partial charge in [-0.25, -0.2) is 0 Å². The molecule has 2 aromatic rings. The van der Waals surface area contributed by atoms with Crippen molar-refractivity contribution in [3.63, 3.8) is 0 Å². The second kappa shape index (κ2) is 6.74. The maximum absolute atomic E-state index is 12.3. The molecule has 23 heavy (non-hydrogen) atoms. The summed E-state index contributed by atoms with van der Waals surface area (Å²) in [6.45, 7) is 4.92. The van der Waals surface area contributed by atoms with Gasteiger partial charge in [-0.05, 0) is 29.9 Å². The molecule has 3 rings (SSSR count). The van der Waals surface area contributed by atoms with E-state index in [0.29, 0.717) is 30.6 Å². The molecule has 1 saturated heterocycles. The number of benzene rings is 1. The molecule has 2 heterocycles. The largest absolute Gasteiger partial charge is 0.339 e. The number of hydrogen-bond donors (Lipinski definition) is 0. The predicted molar refractivity (Wildman–Crippen MR) is 91.8 cm³/mol. The number of thioether (sulfide) groups is 1. The van der Waals surface area contributed by atoms with Crippen molar-refractivity contribution in [2.45, 2.75) is 37.9 Å². The van der Waals surface area contributed by atoms with Crippen molar-refractivity contribution in [3.05, 3.63) is 41.5 Å². The van der Waals surface area contributed by atoms with Crippen molar-refractivity contribution >= 4 is 23.4 Å². The summed E-state index contributed by atoms with van der Waals surface area (Å²) in [4.78, 5) is 18.6. The fraction of sp³-hybridized carbons (Fsp3) is 0.471. The lowest BCUT2D eigenvalue weighted by Crippen LogP contribution is -2.24. The van der Waals surface area contributed by atoms with E-state index in [4.69, 9.17) is 4.52 Å². The Morgan fingerprint density at radius 1 is 1.35 bits per heavy atom. The fourth-order valence-electron chi connectivity index (χ4n) is 2.78. The molecular weight excluding hydrogens is 310 g/mol. The van der Waals surface area contributed by atoms with E-state index >= 15 is 0 Å². The zero-order chi connectivity index (χ0) is 16.4. The third-order valence-electron chi connectivity index (χ3n) is 4.10. The Hall–Kier alpha value is -1.82. The first-order chi connectivity index (χ1) is 11.1.